The van der Waals surface area contributed by atoms with E-state index in [-0.39, 0.29) is 45.9 Å². The molecular weight excluding hydrogens is 770 g/mol. The third-order valence-electron chi connectivity index (χ3n) is 7.49. The first-order valence-electron chi connectivity index (χ1n) is 16.0. The van der Waals surface area contributed by atoms with Gasteiger partial charge in [-0.1, -0.05) is 6.07 Å². The lowest BCUT2D eigenvalue weighted by atomic mass is 10.2. The molecule has 0 spiro atoms. The molecule has 23 heteroatoms. The van der Waals surface area contributed by atoms with Gasteiger partial charge >= 0.3 is 11.4 Å². The van der Waals surface area contributed by atoms with Crippen LogP contribution < -0.4 is 29.8 Å². The number of hydrogen-bond donors (Lipinski definition) is 2. The van der Waals surface area contributed by atoms with Crippen LogP contribution in [0.4, 0.5) is 22.7 Å². The van der Waals surface area contributed by atoms with E-state index in [0.717, 1.165) is 36.4 Å². The zero-order chi connectivity index (χ0) is 41.9. The molecule has 0 aliphatic heterocycles. The number of pyridine rings is 1. The Morgan fingerprint density at radius 1 is 0.552 bits per heavy atom. The second-order valence-corrected chi connectivity index (χ2v) is 11.2. The molecule has 0 saturated carbocycles. The van der Waals surface area contributed by atoms with Crippen molar-refractivity contribution >= 4 is 47.0 Å². The van der Waals surface area contributed by atoms with Gasteiger partial charge in [0.15, 0.2) is 23.0 Å². The van der Waals surface area contributed by atoms with Gasteiger partial charge in [0.2, 0.25) is 11.5 Å². The van der Waals surface area contributed by atoms with Gasteiger partial charge in [-0.25, -0.2) is 15.8 Å². The summed E-state index contributed by atoms with van der Waals surface area (Å²) >= 11 is 0. The molecule has 0 aliphatic rings. The minimum Gasteiger partial charge on any atom is -0.493 e. The Kier molecular flexibility index (Phi) is 12.5. The third-order valence-corrected chi connectivity index (χ3v) is 7.49. The zero-order valence-corrected chi connectivity index (χ0v) is 29.7. The summed E-state index contributed by atoms with van der Waals surface area (Å²) in [5.41, 5.74) is 2.75. The molecule has 5 rings (SSSR count). The number of nitro groups is 4. The first-order valence-corrected chi connectivity index (χ1v) is 16.0. The molecule has 58 heavy (non-hydrogen) atoms. The molecule has 0 saturated heterocycles. The molecule has 0 atom stereocenters. The van der Waals surface area contributed by atoms with Gasteiger partial charge < -0.3 is 18.9 Å². The van der Waals surface area contributed by atoms with Crippen LogP contribution in [0.3, 0.4) is 0 Å². The largest absolute Gasteiger partial charge is 0.493 e. The number of benzene rings is 4. The number of rotatable bonds is 16. The van der Waals surface area contributed by atoms with E-state index in [4.69, 9.17) is 18.9 Å². The number of hydrogen-bond acceptors (Lipinski definition) is 17. The van der Waals surface area contributed by atoms with Crippen LogP contribution in [0.25, 0.3) is 0 Å². The van der Waals surface area contributed by atoms with E-state index < -0.39 is 54.3 Å². The molecule has 0 aliphatic carbocycles. The number of nitrogens with one attached hydrogen (secondary N) is 2. The number of amides is 2. The molecule has 5 aromatic rings. The highest BCUT2D eigenvalue weighted by Gasteiger charge is 2.24. The number of nitro benzene ring substituents is 4. The number of aromatic nitrogens is 1. The van der Waals surface area contributed by atoms with Gasteiger partial charge in [-0.15, -0.1) is 0 Å². The number of carbonyl (C=O) groups excluding carboxylic acids is 2. The number of nitrogens with zero attached hydrogens (tertiary/aromatic N) is 7. The van der Waals surface area contributed by atoms with Crippen LogP contribution in [0.5, 0.6) is 34.5 Å². The van der Waals surface area contributed by atoms with Crippen LogP contribution in [0.15, 0.2) is 101 Å². The Morgan fingerprint density at radius 2 is 0.948 bits per heavy atom. The molecule has 2 amide bonds. The number of ether oxygens (including phenoxy) is 4. The van der Waals surface area contributed by atoms with Crippen molar-refractivity contribution in [3.8, 4) is 34.5 Å². The van der Waals surface area contributed by atoms with E-state index in [1.54, 1.807) is 0 Å². The van der Waals surface area contributed by atoms with Crippen molar-refractivity contribution < 1.29 is 48.2 Å². The van der Waals surface area contributed by atoms with E-state index in [2.05, 4.69) is 26.0 Å². The lowest BCUT2D eigenvalue weighted by Gasteiger charge is -2.11. The van der Waals surface area contributed by atoms with Gasteiger partial charge in [-0.2, -0.15) is 10.2 Å². The predicted octanol–water partition coefficient (Wildman–Crippen LogP) is 5.84. The summed E-state index contributed by atoms with van der Waals surface area (Å²) in [5, 5.41) is 52.8. The summed E-state index contributed by atoms with van der Waals surface area (Å²) < 4.78 is 21.8. The summed E-state index contributed by atoms with van der Waals surface area (Å²) in [6, 6.07) is 18.6. The Bertz CT molecular complexity index is 2360. The highest BCUT2D eigenvalue weighted by molar-refractivity contribution is 5.97. The molecule has 23 nitrogen and oxygen atoms in total. The van der Waals surface area contributed by atoms with Crippen LogP contribution in [-0.2, 0) is 0 Å². The molecule has 1 heterocycles. The van der Waals surface area contributed by atoms with Crippen LogP contribution in [0, 0.1) is 40.5 Å². The van der Waals surface area contributed by atoms with Crippen LogP contribution in [-0.4, -0.2) is 63.1 Å². The molecule has 1 aromatic heterocycles. The number of hydrazone groups is 2. The van der Waals surface area contributed by atoms with Crippen molar-refractivity contribution in [1.29, 1.82) is 0 Å². The summed E-state index contributed by atoms with van der Waals surface area (Å²) in [6.07, 6.45) is 2.49. The van der Waals surface area contributed by atoms with Gasteiger partial charge in [0.05, 0.1) is 58.5 Å². The molecule has 0 fully saturated rings. The average molecular weight is 796 g/mol. The smallest absolute Gasteiger partial charge is 0.318 e. The molecular formula is C35H25N9O14. The van der Waals surface area contributed by atoms with Crippen LogP contribution in [0.2, 0.25) is 0 Å². The SMILES string of the molecule is COc1cc(/C=N/NC(=O)c2cccc(C(=O)N/N=C/c3ccc(Oc4ccc([N+](=O)[O-])cc4[N+](=O)[O-])c(OC)c3)n2)ccc1Oc1ccc([N+](=O)[O-])cc1[N+](=O)[O-]. The van der Waals surface area contributed by atoms with Crippen LogP contribution >= 0.6 is 0 Å². The summed E-state index contributed by atoms with van der Waals surface area (Å²) in [4.78, 5) is 71.4. The maximum atomic E-state index is 12.8. The molecule has 294 valence electrons. The van der Waals surface area contributed by atoms with E-state index in [9.17, 15) is 50.0 Å². The quantitative estimate of drug-likeness (QED) is 0.0673. The average Bonchev–Trinajstić information content (AvgIpc) is 3.21. The molecule has 0 bridgehead atoms. The fourth-order valence-electron chi connectivity index (χ4n) is 4.76. The minimum absolute atomic E-state index is 0.0448. The Labute approximate surface area is 323 Å². The third kappa shape index (κ3) is 9.80. The molecule has 4 aromatic carbocycles. The van der Waals surface area contributed by atoms with Crippen molar-refractivity contribution in [2.75, 3.05) is 14.2 Å². The summed E-state index contributed by atoms with van der Waals surface area (Å²) in [6.45, 7) is 0. The van der Waals surface area contributed by atoms with Gasteiger partial charge in [0, 0.05) is 12.1 Å². The summed E-state index contributed by atoms with van der Waals surface area (Å²) in [5.74, 6) is -1.77. The second-order valence-electron chi connectivity index (χ2n) is 11.2. The van der Waals surface area contributed by atoms with Crippen molar-refractivity contribution in [2.45, 2.75) is 0 Å². The first-order chi connectivity index (χ1) is 27.8. The fraction of sp³-hybridized carbons (Fsp3) is 0.0571. The van der Waals surface area contributed by atoms with Crippen molar-refractivity contribution in [2.24, 2.45) is 10.2 Å². The zero-order valence-electron chi connectivity index (χ0n) is 29.7. The Balaban J connectivity index is 1.19. The topological polar surface area (TPSA) is 305 Å². The molecule has 0 radical (unpaired) electrons. The predicted molar refractivity (Wildman–Crippen MR) is 200 cm³/mol. The first kappa shape index (κ1) is 40.3. The standard InChI is InChI=1S/C35H25N9O14/c1-55-32-14-20(6-10-30(32)57-28-12-8-22(41(47)48)16-26(28)43(51)52)18-36-39-34(45)24-4-3-5-25(38-24)35(46)40-37-19-21-7-11-31(33(15-21)56-2)58-29-13-9-23(42(49)50)17-27(29)44(53)54/h3-19H,1-2H3,(H,39,45)(H,40,46)/b36-18+,37-19+. The van der Waals surface area contributed by atoms with Crippen molar-refractivity contribution in [3.63, 3.8) is 0 Å². The van der Waals surface area contributed by atoms with Gasteiger partial charge in [0.25, 0.3) is 23.2 Å². The number of non-ortho nitro benzene ring substituents is 2. The van der Waals surface area contributed by atoms with Gasteiger partial charge in [0.1, 0.15) is 11.4 Å². The lowest BCUT2D eigenvalue weighted by Crippen LogP contribution is -2.23. The highest BCUT2D eigenvalue weighted by Crippen LogP contribution is 2.39. The minimum atomic E-state index is -0.823. The van der Waals surface area contributed by atoms with E-state index in [1.165, 1.54) is 81.2 Å². The maximum absolute atomic E-state index is 12.8. The highest BCUT2D eigenvalue weighted by atomic mass is 16.6. The van der Waals surface area contributed by atoms with Crippen molar-refractivity contribution in [3.05, 3.63) is 154 Å². The Morgan fingerprint density at radius 3 is 1.31 bits per heavy atom. The number of carbonyl (C=O) groups is 2. The fourth-order valence-corrected chi connectivity index (χ4v) is 4.76. The van der Waals surface area contributed by atoms with Crippen molar-refractivity contribution in [1.82, 2.24) is 15.8 Å². The number of methoxy groups -OCH3 is 2. The Hall–Kier alpha value is -8.89. The monoisotopic (exact) mass is 795 g/mol. The second kappa shape index (κ2) is 18.0. The summed E-state index contributed by atoms with van der Waals surface area (Å²) in [7, 11) is 2.62. The molecule has 2 N–H and O–H groups in total. The lowest BCUT2D eigenvalue weighted by molar-refractivity contribution is -0.394. The van der Waals surface area contributed by atoms with E-state index in [0.29, 0.717) is 11.1 Å². The normalized spacial score (nSPS) is 10.8. The van der Waals surface area contributed by atoms with Gasteiger partial charge in [-0.05, 0) is 71.8 Å². The van der Waals surface area contributed by atoms with E-state index in [1.807, 2.05) is 0 Å². The maximum Gasteiger partial charge on any atom is 0.318 e. The van der Waals surface area contributed by atoms with Gasteiger partial charge in [-0.3, -0.25) is 50.0 Å². The van der Waals surface area contributed by atoms with E-state index >= 15 is 0 Å². The molecule has 0 unspecified atom stereocenters. The van der Waals surface area contributed by atoms with Crippen LogP contribution in [0.1, 0.15) is 32.1 Å².